The van der Waals surface area contributed by atoms with Gasteiger partial charge in [-0.05, 0) is 43.4 Å². The Bertz CT molecular complexity index is 464. The molecular weight excluding hydrogens is 299 g/mol. The number of rotatable bonds is 7. The maximum Gasteiger partial charge on any atom is 0.319 e. The van der Waals surface area contributed by atoms with E-state index in [1.165, 1.54) is 12.8 Å². The highest BCUT2D eigenvalue weighted by molar-refractivity contribution is 6.42. The number of urea groups is 1. The first-order valence-corrected chi connectivity index (χ1v) is 7.48. The molecule has 0 spiro atoms. The second-order valence-electron chi connectivity index (χ2n) is 4.88. The maximum atomic E-state index is 11.6. The Morgan fingerprint density at radius 3 is 2.80 bits per heavy atom. The molecule has 2 N–H and O–H groups in total. The average molecular weight is 317 g/mol. The van der Waals surface area contributed by atoms with E-state index >= 15 is 0 Å². The minimum atomic E-state index is -0.259. The van der Waals surface area contributed by atoms with Crippen molar-refractivity contribution in [2.24, 2.45) is 5.92 Å². The molecule has 6 heteroatoms. The smallest absolute Gasteiger partial charge is 0.319 e. The molecule has 1 fully saturated rings. The number of benzene rings is 1. The summed E-state index contributed by atoms with van der Waals surface area (Å²) in [5, 5.41) is 6.34. The van der Waals surface area contributed by atoms with Crippen molar-refractivity contribution in [2.75, 3.05) is 25.1 Å². The summed E-state index contributed by atoms with van der Waals surface area (Å²) in [5.41, 5.74) is 0.613. The first kappa shape index (κ1) is 15.4. The molecule has 20 heavy (non-hydrogen) atoms. The second-order valence-corrected chi connectivity index (χ2v) is 5.70. The van der Waals surface area contributed by atoms with Crippen LogP contribution in [0.15, 0.2) is 18.2 Å². The third-order valence-electron chi connectivity index (χ3n) is 2.98. The lowest BCUT2D eigenvalue weighted by molar-refractivity contribution is 0.122. The Balaban J connectivity index is 1.58. The molecule has 0 saturated heterocycles. The molecule has 1 saturated carbocycles. The van der Waals surface area contributed by atoms with E-state index in [9.17, 15) is 4.79 Å². The molecule has 0 radical (unpaired) electrons. The van der Waals surface area contributed by atoms with Crippen molar-refractivity contribution in [2.45, 2.75) is 19.3 Å². The molecule has 0 atom stereocenters. The Kier molecular flexibility index (Phi) is 5.95. The summed E-state index contributed by atoms with van der Waals surface area (Å²) in [5.74, 6) is 0.779. The van der Waals surface area contributed by atoms with Gasteiger partial charge >= 0.3 is 6.03 Å². The molecule has 1 aliphatic rings. The predicted molar refractivity (Wildman–Crippen MR) is 81.6 cm³/mol. The lowest BCUT2D eigenvalue weighted by atomic mass is 10.3. The molecule has 0 bridgehead atoms. The molecule has 0 unspecified atom stereocenters. The van der Waals surface area contributed by atoms with Gasteiger partial charge in [-0.2, -0.15) is 0 Å². The van der Waals surface area contributed by atoms with Crippen LogP contribution in [0.4, 0.5) is 10.5 Å². The van der Waals surface area contributed by atoms with Crippen molar-refractivity contribution in [1.29, 1.82) is 0 Å². The minimum Gasteiger partial charge on any atom is -0.381 e. The van der Waals surface area contributed by atoms with Gasteiger partial charge in [-0.25, -0.2) is 4.79 Å². The first-order chi connectivity index (χ1) is 9.65. The Hall–Kier alpha value is -0.970. The molecule has 4 nitrogen and oxygen atoms in total. The summed E-state index contributed by atoms with van der Waals surface area (Å²) in [6.07, 6.45) is 3.40. The van der Waals surface area contributed by atoms with Crippen LogP contribution in [0.1, 0.15) is 19.3 Å². The van der Waals surface area contributed by atoms with E-state index in [1.54, 1.807) is 18.2 Å². The summed E-state index contributed by atoms with van der Waals surface area (Å²) < 4.78 is 5.48. The zero-order valence-electron chi connectivity index (χ0n) is 11.1. The van der Waals surface area contributed by atoms with Crippen molar-refractivity contribution < 1.29 is 9.53 Å². The van der Waals surface area contributed by atoms with Crippen LogP contribution in [0.5, 0.6) is 0 Å². The summed E-state index contributed by atoms with van der Waals surface area (Å²) >= 11 is 11.7. The Morgan fingerprint density at radius 2 is 2.10 bits per heavy atom. The van der Waals surface area contributed by atoms with Crippen molar-refractivity contribution in [3.05, 3.63) is 28.2 Å². The number of carbonyl (C=O) groups excluding carboxylic acids is 1. The molecule has 0 aromatic heterocycles. The molecule has 0 aliphatic heterocycles. The van der Waals surface area contributed by atoms with Crippen LogP contribution < -0.4 is 10.6 Å². The van der Waals surface area contributed by atoms with Gasteiger partial charge in [0.1, 0.15) is 0 Å². The van der Waals surface area contributed by atoms with E-state index in [-0.39, 0.29) is 6.03 Å². The van der Waals surface area contributed by atoms with Crippen molar-refractivity contribution in [3.8, 4) is 0 Å². The van der Waals surface area contributed by atoms with E-state index < -0.39 is 0 Å². The minimum absolute atomic E-state index is 0.259. The van der Waals surface area contributed by atoms with Gasteiger partial charge in [0.2, 0.25) is 0 Å². The molecule has 1 aromatic rings. The predicted octanol–water partition coefficient (Wildman–Crippen LogP) is 3.93. The number of hydrogen-bond acceptors (Lipinski definition) is 2. The molecule has 1 aromatic carbocycles. The summed E-state index contributed by atoms with van der Waals surface area (Å²) in [6.45, 7) is 2.12. The zero-order chi connectivity index (χ0) is 14.4. The summed E-state index contributed by atoms with van der Waals surface area (Å²) in [6, 6.07) is 4.70. The average Bonchev–Trinajstić information content (AvgIpc) is 3.22. The van der Waals surface area contributed by atoms with Gasteiger partial charge in [0.05, 0.1) is 10.0 Å². The Morgan fingerprint density at radius 1 is 1.30 bits per heavy atom. The van der Waals surface area contributed by atoms with E-state index in [2.05, 4.69) is 10.6 Å². The molecule has 0 heterocycles. The number of hydrogen-bond donors (Lipinski definition) is 2. The van der Waals surface area contributed by atoms with Crippen LogP contribution >= 0.6 is 23.2 Å². The topological polar surface area (TPSA) is 50.4 Å². The Labute approximate surface area is 128 Å². The number of anilines is 1. The second kappa shape index (κ2) is 7.72. The number of nitrogens with one attached hydrogen (secondary N) is 2. The van der Waals surface area contributed by atoms with Gasteiger partial charge in [-0.3, -0.25) is 0 Å². The fourth-order valence-corrected chi connectivity index (χ4v) is 1.96. The number of halogens is 2. The van der Waals surface area contributed by atoms with Crippen LogP contribution in [-0.4, -0.2) is 25.8 Å². The molecule has 1 aliphatic carbocycles. The van der Waals surface area contributed by atoms with Crippen LogP contribution in [0, 0.1) is 5.92 Å². The van der Waals surface area contributed by atoms with Gasteiger partial charge < -0.3 is 15.4 Å². The molecule has 2 amide bonds. The monoisotopic (exact) mass is 316 g/mol. The normalized spacial score (nSPS) is 14.1. The molecule has 110 valence electrons. The standard InChI is InChI=1S/C14H18Cl2N2O2/c15-12-5-4-11(8-13(12)16)18-14(19)17-6-1-7-20-9-10-2-3-10/h4-5,8,10H,1-3,6-7,9H2,(H2,17,18,19). The summed E-state index contributed by atoms with van der Waals surface area (Å²) in [7, 11) is 0. The third kappa shape index (κ3) is 5.57. The molecular formula is C14H18Cl2N2O2. The van der Waals surface area contributed by atoms with Gasteiger partial charge in [0.15, 0.2) is 0 Å². The van der Waals surface area contributed by atoms with Crippen LogP contribution in [0.25, 0.3) is 0 Å². The fourth-order valence-electron chi connectivity index (χ4n) is 1.66. The zero-order valence-corrected chi connectivity index (χ0v) is 12.6. The quantitative estimate of drug-likeness (QED) is 0.749. The van der Waals surface area contributed by atoms with Crippen LogP contribution in [-0.2, 0) is 4.74 Å². The largest absolute Gasteiger partial charge is 0.381 e. The van der Waals surface area contributed by atoms with E-state index in [4.69, 9.17) is 27.9 Å². The number of ether oxygens (including phenoxy) is 1. The van der Waals surface area contributed by atoms with Gasteiger partial charge in [-0.1, -0.05) is 23.2 Å². The number of carbonyl (C=O) groups is 1. The lowest BCUT2D eigenvalue weighted by Gasteiger charge is -2.08. The maximum absolute atomic E-state index is 11.6. The third-order valence-corrected chi connectivity index (χ3v) is 3.72. The van der Waals surface area contributed by atoms with Gasteiger partial charge in [0.25, 0.3) is 0 Å². The highest BCUT2D eigenvalue weighted by Gasteiger charge is 2.20. The van der Waals surface area contributed by atoms with Crippen molar-refractivity contribution in [3.63, 3.8) is 0 Å². The lowest BCUT2D eigenvalue weighted by Crippen LogP contribution is -2.30. The van der Waals surface area contributed by atoms with Gasteiger partial charge in [0, 0.05) is 25.4 Å². The van der Waals surface area contributed by atoms with E-state index in [1.807, 2.05) is 0 Å². The van der Waals surface area contributed by atoms with Crippen molar-refractivity contribution >= 4 is 34.9 Å². The fraction of sp³-hybridized carbons (Fsp3) is 0.500. The van der Waals surface area contributed by atoms with E-state index in [0.717, 1.165) is 18.9 Å². The highest BCUT2D eigenvalue weighted by Crippen LogP contribution is 2.28. The number of amides is 2. The van der Waals surface area contributed by atoms with Crippen LogP contribution in [0.3, 0.4) is 0 Å². The van der Waals surface area contributed by atoms with Gasteiger partial charge in [-0.15, -0.1) is 0 Å². The first-order valence-electron chi connectivity index (χ1n) is 6.73. The SMILES string of the molecule is O=C(NCCCOCC1CC1)Nc1ccc(Cl)c(Cl)c1. The summed E-state index contributed by atoms with van der Waals surface area (Å²) in [4.78, 5) is 11.6. The van der Waals surface area contributed by atoms with E-state index in [0.29, 0.717) is 28.9 Å². The highest BCUT2D eigenvalue weighted by atomic mass is 35.5. The van der Waals surface area contributed by atoms with Crippen molar-refractivity contribution in [1.82, 2.24) is 5.32 Å². The molecule has 2 rings (SSSR count). The van der Waals surface area contributed by atoms with Crippen LogP contribution in [0.2, 0.25) is 10.0 Å².